The first-order chi connectivity index (χ1) is 9.06. The average molecular weight is 271 g/mol. The molecule has 19 heavy (non-hydrogen) atoms. The Bertz CT molecular complexity index is 561. The minimum atomic E-state index is 0.195. The molecule has 0 aliphatic rings. The molecule has 0 aliphatic carbocycles. The monoisotopic (exact) mass is 271 g/mol. The van der Waals surface area contributed by atoms with E-state index in [-0.39, 0.29) is 6.04 Å². The topological polar surface area (TPSA) is 26.0 Å². The van der Waals surface area contributed by atoms with Gasteiger partial charge in [0.05, 0.1) is 0 Å². The smallest absolute Gasteiger partial charge is 0.0155 e. The quantitative estimate of drug-likeness (QED) is 0.895. The Morgan fingerprint density at radius 3 is 2.53 bits per heavy atom. The van der Waals surface area contributed by atoms with E-state index < -0.39 is 0 Å². The van der Waals surface area contributed by atoms with Crippen LogP contribution >= 0.6 is 11.8 Å². The molecule has 2 rings (SSSR count). The maximum absolute atomic E-state index is 5.93. The van der Waals surface area contributed by atoms with Crippen molar-refractivity contribution in [1.82, 2.24) is 0 Å². The van der Waals surface area contributed by atoms with Crippen LogP contribution in [0.15, 0.2) is 52.3 Å². The van der Waals surface area contributed by atoms with E-state index in [2.05, 4.69) is 63.2 Å². The Morgan fingerprint density at radius 1 is 1.05 bits per heavy atom. The second-order valence-corrected chi connectivity index (χ2v) is 6.24. The zero-order valence-electron chi connectivity index (χ0n) is 11.8. The molecule has 0 saturated heterocycles. The van der Waals surface area contributed by atoms with E-state index in [1.165, 1.54) is 26.5 Å². The standard InChI is InChI=1S/C17H21NS/c1-12-8-9-13(2)17(10-12)19-16-7-5-4-6-15(16)11-14(3)18/h4-10,14H,11,18H2,1-3H3. The van der Waals surface area contributed by atoms with Crippen molar-refractivity contribution in [3.8, 4) is 0 Å². The predicted molar refractivity (Wildman–Crippen MR) is 83.8 cm³/mol. The molecule has 1 unspecified atom stereocenters. The van der Waals surface area contributed by atoms with E-state index in [1.54, 1.807) is 0 Å². The van der Waals surface area contributed by atoms with Crippen molar-refractivity contribution < 1.29 is 0 Å². The van der Waals surface area contributed by atoms with Crippen LogP contribution < -0.4 is 5.73 Å². The summed E-state index contributed by atoms with van der Waals surface area (Å²) in [5, 5.41) is 0. The van der Waals surface area contributed by atoms with Crippen LogP contribution in [0.5, 0.6) is 0 Å². The first-order valence-electron chi connectivity index (χ1n) is 6.65. The van der Waals surface area contributed by atoms with Crippen LogP contribution in [0.25, 0.3) is 0 Å². The summed E-state index contributed by atoms with van der Waals surface area (Å²) in [6.07, 6.45) is 0.925. The molecule has 0 spiro atoms. The lowest BCUT2D eigenvalue weighted by Gasteiger charge is -2.12. The second kappa shape index (κ2) is 6.27. The Kier molecular flexibility index (Phi) is 4.67. The molecule has 1 nitrogen and oxygen atoms in total. The second-order valence-electron chi connectivity index (χ2n) is 5.16. The zero-order chi connectivity index (χ0) is 13.8. The molecule has 2 aromatic rings. The fraction of sp³-hybridized carbons (Fsp3) is 0.294. The van der Waals surface area contributed by atoms with Crippen LogP contribution in [0.4, 0.5) is 0 Å². The van der Waals surface area contributed by atoms with E-state index in [9.17, 15) is 0 Å². The van der Waals surface area contributed by atoms with Gasteiger partial charge in [-0.25, -0.2) is 0 Å². The van der Waals surface area contributed by atoms with Gasteiger partial charge in [0.2, 0.25) is 0 Å². The number of benzene rings is 2. The van der Waals surface area contributed by atoms with Gasteiger partial charge in [0.15, 0.2) is 0 Å². The lowest BCUT2D eigenvalue weighted by Crippen LogP contribution is -2.18. The highest BCUT2D eigenvalue weighted by Gasteiger charge is 2.07. The summed E-state index contributed by atoms with van der Waals surface area (Å²) < 4.78 is 0. The van der Waals surface area contributed by atoms with Gasteiger partial charge >= 0.3 is 0 Å². The first kappa shape index (κ1) is 14.2. The minimum Gasteiger partial charge on any atom is -0.328 e. The average Bonchev–Trinajstić information content (AvgIpc) is 2.35. The highest BCUT2D eigenvalue weighted by atomic mass is 32.2. The SMILES string of the molecule is Cc1ccc(C)c(Sc2ccccc2CC(C)N)c1. The summed E-state index contributed by atoms with van der Waals surface area (Å²) in [5.74, 6) is 0. The first-order valence-corrected chi connectivity index (χ1v) is 7.46. The molecule has 2 N–H and O–H groups in total. The molecule has 0 radical (unpaired) electrons. The summed E-state index contributed by atoms with van der Waals surface area (Å²) in [7, 11) is 0. The molecule has 0 heterocycles. The van der Waals surface area contributed by atoms with Crippen molar-refractivity contribution in [1.29, 1.82) is 0 Å². The molecule has 0 fully saturated rings. The van der Waals surface area contributed by atoms with Crippen LogP contribution in [-0.4, -0.2) is 6.04 Å². The molecule has 2 aromatic carbocycles. The Morgan fingerprint density at radius 2 is 1.79 bits per heavy atom. The lowest BCUT2D eigenvalue weighted by molar-refractivity contribution is 0.729. The van der Waals surface area contributed by atoms with Crippen LogP contribution in [0, 0.1) is 13.8 Å². The van der Waals surface area contributed by atoms with Gasteiger partial charge < -0.3 is 5.73 Å². The summed E-state index contributed by atoms with van der Waals surface area (Å²) in [5.41, 5.74) is 9.90. The molecular weight excluding hydrogens is 250 g/mol. The lowest BCUT2D eigenvalue weighted by atomic mass is 10.1. The van der Waals surface area contributed by atoms with Gasteiger partial charge in [0, 0.05) is 15.8 Å². The van der Waals surface area contributed by atoms with Crippen molar-refractivity contribution in [3.63, 3.8) is 0 Å². The molecule has 0 amide bonds. The molecule has 100 valence electrons. The largest absolute Gasteiger partial charge is 0.328 e. The molecule has 0 saturated carbocycles. The Balaban J connectivity index is 2.30. The molecule has 0 aromatic heterocycles. The van der Waals surface area contributed by atoms with Gasteiger partial charge in [-0.1, -0.05) is 42.1 Å². The van der Waals surface area contributed by atoms with Crippen molar-refractivity contribution in [3.05, 3.63) is 59.2 Å². The van der Waals surface area contributed by atoms with Crippen molar-refractivity contribution in [2.24, 2.45) is 5.73 Å². The van der Waals surface area contributed by atoms with Crippen LogP contribution in [0.1, 0.15) is 23.6 Å². The van der Waals surface area contributed by atoms with Gasteiger partial charge in [-0.15, -0.1) is 0 Å². The summed E-state index contributed by atoms with van der Waals surface area (Å²) in [4.78, 5) is 2.64. The van der Waals surface area contributed by atoms with Gasteiger partial charge in [0.25, 0.3) is 0 Å². The Hall–Kier alpha value is -1.25. The number of hydrogen-bond donors (Lipinski definition) is 1. The molecular formula is C17H21NS. The highest BCUT2D eigenvalue weighted by Crippen LogP contribution is 2.33. The fourth-order valence-corrected chi connectivity index (χ4v) is 3.19. The maximum Gasteiger partial charge on any atom is 0.0155 e. The van der Waals surface area contributed by atoms with Crippen molar-refractivity contribution in [2.45, 2.75) is 43.0 Å². The number of hydrogen-bond acceptors (Lipinski definition) is 2. The van der Waals surface area contributed by atoms with Crippen LogP contribution in [0.2, 0.25) is 0 Å². The fourth-order valence-electron chi connectivity index (χ4n) is 2.05. The third-order valence-corrected chi connectivity index (χ3v) is 4.36. The number of nitrogens with two attached hydrogens (primary N) is 1. The normalized spacial score (nSPS) is 12.4. The van der Waals surface area contributed by atoms with E-state index >= 15 is 0 Å². The van der Waals surface area contributed by atoms with E-state index in [1.807, 2.05) is 11.8 Å². The number of rotatable bonds is 4. The van der Waals surface area contributed by atoms with E-state index in [0.717, 1.165) is 6.42 Å². The molecule has 0 aliphatic heterocycles. The summed E-state index contributed by atoms with van der Waals surface area (Å²) in [6.45, 7) is 6.35. The van der Waals surface area contributed by atoms with Crippen LogP contribution in [0.3, 0.4) is 0 Å². The highest BCUT2D eigenvalue weighted by molar-refractivity contribution is 7.99. The predicted octanol–water partition coefficient (Wildman–Crippen LogP) is 4.34. The van der Waals surface area contributed by atoms with E-state index in [0.29, 0.717) is 0 Å². The summed E-state index contributed by atoms with van der Waals surface area (Å²) >= 11 is 1.84. The number of aryl methyl sites for hydroxylation is 2. The molecule has 2 heteroatoms. The van der Waals surface area contributed by atoms with Crippen molar-refractivity contribution in [2.75, 3.05) is 0 Å². The van der Waals surface area contributed by atoms with Crippen molar-refractivity contribution >= 4 is 11.8 Å². The van der Waals surface area contributed by atoms with E-state index in [4.69, 9.17) is 5.73 Å². The van der Waals surface area contributed by atoms with Crippen LogP contribution in [-0.2, 0) is 6.42 Å². The van der Waals surface area contributed by atoms with Gasteiger partial charge in [0.1, 0.15) is 0 Å². The van der Waals surface area contributed by atoms with Gasteiger partial charge in [-0.05, 0) is 56.0 Å². The third-order valence-electron chi connectivity index (χ3n) is 3.08. The summed E-state index contributed by atoms with van der Waals surface area (Å²) in [6, 6.07) is 15.3. The Labute approximate surface area is 120 Å². The molecule has 0 bridgehead atoms. The third kappa shape index (κ3) is 3.85. The zero-order valence-corrected chi connectivity index (χ0v) is 12.6. The van der Waals surface area contributed by atoms with Gasteiger partial charge in [-0.2, -0.15) is 0 Å². The maximum atomic E-state index is 5.93. The minimum absolute atomic E-state index is 0.195. The molecule has 1 atom stereocenters. The van der Waals surface area contributed by atoms with Gasteiger partial charge in [-0.3, -0.25) is 0 Å².